The van der Waals surface area contributed by atoms with Crippen LogP contribution in [0, 0.1) is 20.8 Å². The van der Waals surface area contributed by atoms with Crippen LogP contribution >= 0.6 is 11.3 Å². The first-order valence-corrected chi connectivity index (χ1v) is 7.71. The smallest absolute Gasteiger partial charge is 0.113 e. The van der Waals surface area contributed by atoms with Gasteiger partial charge in [0.25, 0.3) is 0 Å². The van der Waals surface area contributed by atoms with Gasteiger partial charge in [-0.05, 0) is 62.8 Å². The second-order valence-electron chi connectivity index (χ2n) is 5.80. The lowest BCUT2D eigenvalue weighted by atomic mass is 9.78. The number of nitrogens with zero attached hydrogens (tertiary/aromatic N) is 1. The van der Waals surface area contributed by atoms with Crippen LogP contribution in [-0.4, -0.2) is 4.98 Å². The fourth-order valence-corrected chi connectivity index (χ4v) is 3.63. The predicted octanol–water partition coefficient (Wildman–Crippen LogP) is 4.07. The van der Waals surface area contributed by atoms with Crippen molar-refractivity contribution in [2.75, 3.05) is 0 Å². The van der Waals surface area contributed by atoms with Crippen LogP contribution in [0.3, 0.4) is 0 Å². The zero-order chi connectivity index (χ0) is 13.6. The first-order chi connectivity index (χ1) is 8.99. The molecule has 2 nitrogen and oxygen atoms in total. The monoisotopic (exact) mass is 272 g/mol. The summed E-state index contributed by atoms with van der Waals surface area (Å²) in [6, 6.07) is 4.48. The van der Waals surface area contributed by atoms with Gasteiger partial charge in [-0.1, -0.05) is 6.07 Å². The van der Waals surface area contributed by atoms with Crippen molar-refractivity contribution in [3.63, 3.8) is 0 Å². The van der Waals surface area contributed by atoms with Crippen LogP contribution in [0.5, 0.6) is 0 Å². The minimum Gasteiger partial charge on any atom is -0.319 e. The molecule has 1 fully saturated rings. The average molecular weight is 272 g/mol. The van der Waals surface area contributed by atoms with Crippen LogP contribution in [0.15, 0.2) is 17.5 Å². The van der Waals surface area contributed by atoms with Crippen molar-refractivity contribution in [3.8, 4) is 11.3 Å². The van der Waals surface area contributed by atoms with Gasteiger partial charge in [0.2, 0.25) is 0 Å². The van der Waals surface area contributed by atoms with Gasteiger partial charge in [0, 0.05) is 10.9 Å². The molecule has 1 aliphatic carbocycles. The van der Waals surface area contributed by atoms with Crippen LogP contribution in [0.2, 0.25) is 0 Å². The van der Waals surface area contributed by atoms with E-state index in [1.54, 1.807) is 11.3 Å². The highest BCUT2D eigenvalue weighted by Crippen LogP contribution is 2.41. The predicted molar refractivity (Wildman–Crippen MR) is 81.5 cm³/mol. The van der Waals surface area contributed by atoms with Gasteiger partial charge in [0.15, 0.2) is 0 Å². The molecule has 1 aromatic heterocycles. The van der Waals surface area contributed by atoms with Crippen LogP contribution in [0.1, 0.15) is 41.0 Å². The number of aryl methyl sites for hydroxylation is 3. The zero-order valence-electron chi connectivity index (χ0n) is 11.8. The van der Waals surface area contributed by atoms with Gasteiger partial charge in [-0.2, -0.15) is 0 Å². The van der Waals surface area contributed by atoms with Crippen molar-refractivity contribution >= 4 is 11.3 Å². The second kappa shape index (κ2) is 4.43. The van der Waals surface area contributed by atoms with E-state index in [4.69, 9.17) is 10.7 Å². The largest absolute Gasteiger partial charge is 0.319 e. The summed E-state index contributed by atoms with van der Waals surface area (Å²) in [6.07, 6.45) is 3.38. The maximum atomic E-state index is 6.36. The maximum Gasteiger partial charge on any atom is 0.113 e. The number of rotatable bonds is 2. The Morgan fingerprint density at radius 3 is 2.42 bits per heavy atom. The van der Waals surface area contributed by atoms with Gasteiger partial charge >= 0.3 is 0 Å². The van der Waals surface area contributed by atoms with Crippen molar-refractivity contribution in [3.05, 3.63) is 39.2 Å². The summed E-state index contributed by atoms with van der Waals surface area (Å²) < 4.78 is 0. The maximum absolute atomic E-state index is 6.36. The van der Waals surface area contributed by atoms with E-state index in [0.717, 1.165) is 23.5 Å². The Bertz CT molecular complexity index is 624. The van der Waals surface area contributed by atoms with Crippen molar-refractivity contribution in [2.45, 2.75) is 45.6 Å². The van der Waals surface area contributed by atoms with Crippen molar-refractivity contribution in [1.82, 2.24) is 4.98 Å². The molecule has 0 radical (unpaired) electrons. The van der Waals surface area contributed by atoms with E-state index < -0.39 is 0 Å². The van der Waals surface area contributed by atoms with Gasteiger partial charge in [0.05, 0.1) is 11.2 Å². The van der Waals surface area contributed by atoms with Crippen LogP contribution < -0.4 is 5.73 Å². The highest BCUT2D eigenvalue weighted by atomic mass is 32.1. The summed E-state index contributed by atoms with van der Waals surface area (Å²) in [4.78, 5) is 4.80. The van der Waals surface area contributed by atoms with Crippen LogP contribution in [0.4, 0.5) is 0 Å². The summed E-state index contributed by atoms with van der Waals surface area (Å²) in [6.45, 7) is 6.46. The van der Waals surface area contributed by atoms with Gasteiger partial charge in [-0.25, -0.2) is 4.98 Å². The summed E-state index contributed by atoms with van der Waals surface area (Å²) in [5.74, 6) is 0. The van der Waals surface area contributed by atoms with E-state index >= 15 is 0 Å². The summed E-state index contributed by atoms with van der Waals surface area (Å²) in [5, 5.41) is 3.26. The molecule has 1 heterocycles. The Morgan fingerprint density at radius 2 is 1.79 bits per heavy atom. The molecule has 0 unspecified atom stereocenters. The Balaban J connectivity index is 2.01. The normalized spacial score (nSPS) is 17.3. The molecule has 2 aromatic rings. The van der Waals surface area contributed by atoms with Gasteiger partial charge in [-0.15, -0.1) is 11.3 Å². The lowest BCUT2D eigenvalue weighted by Gasteiger charge is -2.35. The minimum absolute atomic E-state index is 0.142. The molecule has 0 spiro atoms. The molecule has 0 atom stereocenters. The van der Waals surface area contributed by atoms with E-state index in [9.17, 15) is 0 Å². The third kappa shape index (κ3) is 2.11. The first-order valence-electron chi connectivity index (χ1n) is 6.83. The lowest BCUT2D eigenvalue weighted by molar-refractivity contribution is 0.253. The van der Waals surface area contributed by atoms with Crippen LogP contribution in [0.25, 0.3) is 11.3 Å². The molecule has 3 heteroatoms. The molecule has 0 amide bonds. The van der Waals surface area contributed by atoms with Crippen LogP contribution in [-0.2, 0) is 5.54 Å². The summed E-state index contributed by atoms with van der Waals surface area (Å²) in [7, 11) is 0. The molecule has 2 N–H and O–H groups in total. The molecule has 1 aliphatic rings. The minimum atomic E-state index is -0.142. The van der Waals surface area contributed by atoms with E-state index in [1.165, 1.54) is 28.7 Å². The molecular weight excluding hydrogens is 252 g/mol. The number of thiazole rings is 1. The van der Waals surface area contributed by atoms with E-state index in [-0.39, 0.29) is 5.54 Å². The van der Waals surface area contributed by atoms with Gasteiger partial charge in [0.1, 0.15) is 5.01 Å². The molecule has 19 heavy (non-hydrogen) atoms. The average Bonchev–Trinajstić information content (AvgIpc) is 2.80. The highest BCUT2D eigenvalue weighted by Gasteiger charge is 2.37. The van der Waals surface area contributed by atoms with E-state index in [2.05, 4.69) is 38.3 Å². The van der Waals surface area contributed by atoms with Gasteiger partial charge in [-0.3, -0.25) is 0 Å². The van der Waals surface area contributed by atoms with Crippen molar-refractivity contribution in [1.29, 1.82) is 0 Å². The number of benzene rings is 1. The number of hydrogen-bond donors (Lipinski definition) is 1. The Hall–Kier alpha value is -1.19. The van der Waals surface area contributed by atoms with E-state index in [1.807, 2.05) is 0 Å². The zero-order valence-corrected chi connectivity index (χ0v) is 12.6. The Morgan fingerprint density at radius 1 is 1.11 bits per heavy atom. The molecule has 0 saturated heterocycles. The molecule has 100 valence electrons. The Kier molecular flexibility index (Phi) is 2.99. The third-order valence-corrected chi connectivity index (χ3v) is 5.35. The van der Waals surface area contributed by atoms with Crippen molar-refractivity contribution < 1.29 is 0 Å². The summed E-state index contributed by atoms with van der Waals surface area (Å²) in [5.41, 5.74) is 12.5. The van der Waals surface area contributed by atoms with Crippen molar-refractivity contribution in [2.24, 2.45) is 5.73 Å². The fourth-order valence-electron chi connectivity index (χ4n) is 2.63. The molecular formula is C16H20N2S. The highest BCUT2D eigenvalue weighted by molar-refractivity contribution is 7.10. The fraction of sp³-hybridized carbons (Fsp3) is 0.438. The quantitative estimate of drug-likeness (QED) is 0.895. The summed E-state index contributed by atoms with van der Waals surface area (Å²) >= 11 is 1.71. The number of aromatic nitrogens is 1. The molecule has 1 aromatic carbocycles. The number of nitrogens with two attached hydrogens (primary N) is 1. The SMILES string of the molecule is Cc1cc(C)c(-c2csc(C3(N)CCC3)n2)cc1C. The Labute approximate surface area is 118 Å². The molecule has 0 aliphatic heterocycles. The van der Waals surface area contributed by atoms with E-state index in [0.29, 0.717) is 0 Å². The third-order valence-electron chi connectivity index (χ3n) is 4.29. The molecule has 0 bridgehead atoms. The lowest BCUT2D eigenvalue weighted by Crippen LogP contribution is -2.43. The molecule has 1 saturated carbocycles. The standard InChI is InChI=1S/C16H20N2S/c1-10-7-12(3)13(8-11(10)2)14-9-19-15(18-14)16(17)5-4-6-16/h7-9H,4-6,17H2,1-3H3. The first kappa shape index (κ1) is 12.8. The molecule has 3 rings (SSSR count). The van der Waals surface area contributed by atoms with Gasteiger partial charge < -0.3 is 5.73 Å². The number of hydrogen-bond acceptors (Lipinski definition) is 3. The topological polar surface area (TPSA) is 38.9 Å². The second-order valence-corrected chi connectivity index (χ2v) is 6.66.